The summed E-state index contributed by atoms with van der Waals surface area (Å²) in [7, 11) is 0. The number of H-pyrrole nitrogens is 1. The van der Waals surface area contributed by atoms with Gasteiger partial charge in [-0.3, -0.25) is 9.89 Å². The lowest BCUT2D eigenvalue weighted by molar-refractivity contribution is 0.103. The third-order valence-electron chi connectivity index (χ3n) is 4.03. The van der Waals surface area contributed by atoms with Gasteiger partial charge >= 0.3 is 0 Å². The second-order valence-corrected chi connectivity index (χ2v) is 6.49. The van der Waals surface area contributed by atoms with E-state index in [1.54, 1.807) is 12.1 Å². The average Bonchev–Trinajstić information content (AvgIpc) is 3.09. The van der Waals surface area contributed by atoms with Crippen molar-refractivity contribution in [1.29, 1.82) is 0 Å². The molecule has 1 saturated carbocycles. The van der Waals surface area contributed by atoms with Gasteiger partial charge in [0, 0.05) is 22.9 Å². The number of nitrogens with one attached hydrogen (secondary N) is 1. The maximum atomic E-state index is 12.9. The molecule has 1 aliphatic rings. The molecule has 0 spiro atoms. The summed E-state index contributed by atoms with van der Waals surface area (Å²) in [6, 6.07) is 3.29. The van der Waals surface area contributed by atoms with Gasteiger partial charge in [-0.05, 0) is 30.5 Å². The summed E-state index contributed by atoms with van der Waals surface area (Å²) in [6.07, 6.45) is 5.25. The lowest BCUT2D eigenvalue weighted by Crippen LogP contribution is -2.06. The van der Waals surface area contributed by atoms with E-state index < -0.39 is 0 Å². The maximum absolute atomic E-state index is 12.9. The number of carbonyl (C=O) groups excluding carboxylic acids is 1. The Morgan fingerprint density at radius 2 is 2.12 bits per heavy atom. The Kier molecular flexibility index (Phi) is 3.86. The normalized spacial score (nSPS) is 14.1. The highest BCUT2D eigenvalue weighted by molar-refractivity contribution is 6.38. The molecule has 3 aromatic rings. The monoisotopic (exact) mass is 362 g/mol. The molecule has 1 fully saturated rings. The molecule has 1 N–H and O–H groups in total. The Morgan fingerprint density at radius 1 is 1.29 bits per heavy atom. The van der Waals surface area contributed by atoms with Gasteiger partial charge in [0.2, 0.25) is 0 Å². The molecule has 0 aliphatic heterocycles. The summed E-state index contributed by atoms with van der Waals surface area (Å²) >= 11 is 12.7. The number of hydrogen-bond acceptors (Lipinski definition) is 5. The van der Waals surface area contributed by atoms with E-state index in [0.717, 1.165) is 12.8 Å². The topological polar surface area (TPSA) is 84.7 Å². The van der Waals surface area contributed by atoms with Gasteiger partial charge in [0.05, 0.1) is 16.8 Å². The highest BCUT2D eigenvalue weighted by atomic mass is 35.5. The number of nitrogens with zero attached hydrogens (tertiary/aromatic N) is 3. The molecule has 6 nitrogen and oxygen atoms in total. The van der Waals surface area contributed by atoms with Gasteiger partial charge in [0.1, 0.15) is 12.2 Å². The van der Waals surface area contributed by atoms with E-state index in [1.165, 1.54) is 12.5 Å². The van der Waals surface area contributed by atoms with Gasteiger partial charge in [-0.2, -0.15) is 5.10 Å². The molecule has 24 heavy (non-hydrogen) atoms. The summed E-state index contributed by atoms with van der Waals surface area (Å²) < 4.78 is 5.25. The summed E-state index contributed by atoms with van der Waals surface area (Å²) in [5, 5.41) is 11.1. The Labute approximate surface area is 147 Å². The fourth-order valence-electron chi connectivity index (χ4n) is 2.62. The summed E-state index contributed by atoms with van der Waals surface area (Å²) in [4.78, 5) is 17.0. The first-order chi connectivity index (χ1) is 11.6. The SMILES string of the molecule is O=C(c1cnoc1C1CC1)c1ccc(Cl)c(Cc2ncn[nH]2)c1Cl. The van der Waals surface area contributed by atoms with Crippen LogP contribution in [0.1, 0.15) is 51.8 Å². The lowest BCUT2D eigenvalue weighted by Gasteiger charge is -2.10. The van der Waals surface area contributed by atoms with Crippen LogP contribution in [0.3, 0.4) is 0 Å². The second kappa shape index (κ2) is 6.03. The molecule has 1 aromatic carbocycles. The highest BCUT2D eigenvalue weighted by Gasteiger charge is 2.33. The number of aromatic nitrogens is 4. The van der Waals surface area contributed by atoms with Crippen molar-refractivity contribution in [1.82, 2.24) is 20.3 Å². The number of ketones is 1. The van der Waals surface area contributed by atoms with Crippen LogP contribution in [0.4, 0.5) is 0 Å². The Balaban J connectivity index is 1.72. The van der Waals surface area contributed by atoms with Crippen molar-refractivity contribution in [3.05, 3.63) is 63.0 Å². The van der Waals surface area contributed by atoms with Crippen molar-refractivity contribution >= 4 is 29.0 Å². The Bertz CT molecular complexity index is 901. The number of carbonyl (C=O) groups is 1. The zero-order valence-electron chi connectivity index (χ0n) is 12.4. The first kappa shape index (κ1) is 15.4. The molecule has 1 aliphatic carbocycles. The molecular weight excluding hydrogens is 351 g/mol. The van der Waals surface area contributed by atoms with Crippen LogP contribution in [-0.2, 0) is 6.42 Å². The Morgan fingerprint density at radius 3 is 2.83 bits per heavy atom. The first-order valence-corrected chi connectivity index (χ1v) is 8.21. The van der Waals surface area contributed by atoms with Crippen LogP contribution >= 0.6 is 23.2 Å². The van der Waals surface area contributed by atoms with Gasteiger partial charge in [0.15, 0.2) is 11.5 Å². The molecule has 2 aromatic heterocycles. The van der Waals surface area contributed by atoms with Gasteiger partial charge in [0.25, 0.3) is 0 Å². The molecule has 8 heteroatoms. The van der Waals surface area contributed by atoms with Gasteiger partial charge in [-0.1, -0.05) is 28.4 Å². The van der Waals surface area contributed by atoms with Crippen LogP contribution in [0.2, 0.25) is 10.0 Å². The van der Waals surface area contributed by atoms with Crippen LogP contribution in [0, 0.1) is 0 Å². The Hall–Kier alpha value is -2.18. The van der Waals surface area contributed by atoms with E-state index in [-0.39, 0.29) is 11.7 Å². The molecule has 2 heterocycles. The first-order valence-electron chi connectivity index (χ1n) is 7.45. The predicted molar refractivity (Wildman–Crippen MR) is 87.6 cm³/mol. The maximum Gasteiger partial charge on any atom is 0.199 e. The van der Waals surface area contributed by atoms with Crippen molar-refractivity contribution in [3.63, 3.8) is 0 Å². The van der Waals surface area contributed by atoms with Crippen LogP contribution < -0.4 is 0 Å². The summed E-state index contributed by atoms with van der Waals surface area (Å²) in [6.45, 7) is 0. The van der Waals surface area contributed by atoms with E-state index in [4.69, 9.17) is 27.7 Å². The van der Waals surface area contributed by atoms with Gasteiger partial charge in [-0.25, -0.2) is 4.98 Å². The van der Waals surface area contributed by atoms with Crippen molar-refractivity contribution in [2.45, 2.75) is 25.2 Å². The zero-order chi connectivity index (χ0) is 16.7. The second-order valence-electron chi connectivity index (χ2n) is 5.70. The van der Waals surface area contributed by atoms with E-state index >= 15 is 0 Å². The third-order valence-corrected chi connectivity index (χ3v) is 4.82. The van der Waals surface area contributed by atoms with E-state index in [0.29, 0.717) is 44.7 Å². The number of hydrogen-bond donors (Lipinski definition) is 1. The number of halogens is 2. The van der Waals surface area contributed by atoms with Gasteiger partial charge in [-0.15, -0.1) is 0 Å². The third kappa shape index (κ3) is 2.72. The molecule has 0 bridgehead atoms. The highest BCUT2D eigenvalue weighted by Crippen LogP contribution is 2.42. The largest absolute Gasteiger partial charge is 0.360 e. The number of aromatic amines is 1. The molecule has 0 amide bonds. The molecule has 122 valence electrons. The predicted octanol–water partition coefficient (Wildman–Crippen LogP) is 3.80. The van der Waals surface area contributed by atoms with Gasteiger partial charge < -0.3 is 4.52 Å². The van der Waals surface area contributed by atoms with Crippen molar-refractivity contribution in [3.8, 4) is 0 Å². The van der Waals surface area contributed by atoms with Crippen molar-refractivity contribution in [2.75, 3.05) is 0 Å². The zero-order valence-corrected chi connectivity index (χ0v) is 13.9. The van der Waals surface area contributed by atoms with Crippen LogP contribution in [0.5, 0.6) is 0 Å². The van der Waals surface area contributed by atoms with E-state index in [2.05, 4.69) is 20.3 Å². The number of benzene rings is 1. The number of rotatable bonds is 5. The fourth-order valence-corrected chi connectivity index (χ4v) is 3.21. The molecule has 0 unspecified atom stereocenters. The average molecular weight is 363 g/mol. The summed E-state index contributed by atoms with van der Waals surface area (Å²) in [5.41, 5.74) is 1.47. The minimum Gasteiger partial charge on any atom is -0.360 e. The fraction of sp³-hybridized carbons (Fsp3) is 0.250. The van der Waals surface area contributed by atoms with E-state index in [9.17, 15) is 4.79 Å². The van der Waals surface area contributed by atoms with Crippen molar-refractivity contribution in [2.24, 2.45) is 0 Å². The van der Waals surface area contributed by atoms with Crippen LogP contribution in [-0.4, -0.2) is 26.1 Å². The standard InChI is InChI=1S/C16H12Cl2N4O2/c17-12-4-3-9(14(18)10(12)5-13-19-7-20-22-13)15(23)11-6-21-24-16(11)8-1-2-8/h3-4,6-8H,1-2,5H2,(H,19,20,22). The molecule has 4 rings (SSSR count). The molecule has 0 atom stereocenters. The summed E-state index contributed by atoms with van der Waals surface area (Å²) in [5.74, 6) is 1.33. The lowest BCUT2D eigenvalue weighted by atomic mass is 9.99. The van der Waals surface area contributed by atoms with Crippen LogP contribution in [0.15, 0.2) is 29.2 Å². The van der Waals surface area contributed by atoms with Crippen molar-refractivity contribution < 1.29 is 9.32 Å². The molecule has 0 radical (unpaired) electrons. The quantitative estimate of drug-likeness (QED) is 0.697. The minimum atomic E-state index is -0.210. The van der Waals surface area contributed by atoms with E-state index in [1.807, 2.05) is 0 Å². The molecule has 0 saturated heterocycles. The van der Waals surface area contributed by atoms with Crippen LogP contribution in [0.25, 0.3) is 0 Å². The molecular formula is C16H12Cl2N4O2. The smallest absolute Gasteiger partial charge is 0.199 e. The minimum absolute atomic E-state index is 0.210.